The van der Waals surface area contributed by atoms with Crippen molar-refractivity contribution in [3.63, 3.8) is 0 Å². The van der Waals surface area contributed by atoms with Gasteiger partial charge in [0.15, 0.2) is 17.2 Å². The molecular formula is C22H16BrF3N4OS. The van der Waals surface area contributed by atoms with Gasteiger partial charge in [-0.25, -0.2) is 4.68 Å². The maximum atomic E-state index is 13.4. The van der Waals surface area contributed by atoms with Crippen molar-refractivity contribution in [3.05, 3.63) is 89.0 Å². The summed E-state index contributed by atoms with van der Waals surface area (Å²) < 4.78 is 56.0. The predicted molar refractivity (Wildman–Crippen MR) is 123 cm³/mol. The summed E-state index contributed by atoms with van der Waals surface area (Å²) in [5.41, 5.74) is 2.70. The first-order valence-corrected chi connectivity index (χ1v) is 11.3. The van der Waals surface area contributed by atoms with Crippen LogP contribution in [0.1, 0.15) is 5.69 Å². The third kappa shape index (κ3) is 4.99. The van der Waals surface area contributed by atoms with E-state index >= 15 is 0 Å². The molecule has 0 amide bonds. The SMILES string of the molecule is N[S+]([O-])Nc1ccc(-n2nc(C(F)(F)F)cc2-c2ccc(-c3ccc(Br)cc3)cc2)cc1. The topological polar surface area (TPSA) is 78.9 Å². The summed E-state index contributed by atoms with van der Waals surface area (Å²) in [7, 11) is 0. The number of hydrogen-bond acceptors (Lipinski definition) is 4. The van der Waals surface area contributed by atoms with Crippen molar-refractivity contribution in [2.24, 2.45) is 5.14 Å². The Morgan fingerprint density at radius 1 is 0.875 bits per heavy atom. The van der Waals surface area contributed by atoms with Crippen LogP contribution in [0, 0.1) is 0 Å². The second-order valence-corrected chi connectivity index (χ2v) is 8.57. The second-order valence-electron chi connectivity index (χ2n) is 6.85. The average Bonchev–Trinajstić information content (AvgIpc) is 3.21. The van der Waals surface area contributed by atoms with E-state index < -0.39 is 23.4 Å². The number of aromatic nitrogens is 2. The van der Waals surface area contributed by atoms with Gasteiger partial charge >= 0.3 is 6.18 Å². The van der Waals surface area contributed by atoms with E-state index in [4.69, 9.17) is 5.14 Å². The Bertz CT molecular complexity index is 1210. The van der Waals surface area contributed by atoms with Gasteiger partial charge in [-0.05, 0) is 53.6 Å². The lowest BCUT2D eigenvalue weighted by Crippen LogP contribution is -2.21. The largest absolute Gasteiger partial charge is 0.574 e. The smallest absolute Gasteiger partial charge is 0.435 e. The minimum absolute atomic E-state index is 0.294. The Morgan fingerprint density at radius 2 is 1.41 bits per heavy atom. The van der Waals surface area contributed by atoms with Crippen LogP contribution in [0.4, 0.5) is 18.9 Å². The molecule has 32 heavy (non-hydrogen) atoms. The minimum Gasteiger partial charge on any atom is -0.574 e. The van der Waals surface area contributed by atoms with Gasteiger partial charge in [0.1, 0.15) is 0 Å². The highest BCUT2D eigenvalue weighted by Crippen LogP contribution is 2.34. The molecule has 4 aromatic rings. The second kappa shape index (κ2) is 8.99. The molecule has 1 aromatic heterocycles. The maximum Gasteiger partial charge on any atom is 0.435 e. The molecule has 0 aliphatic rings. The lowest BCUT2D eigenvalue weighted by atomic mass is 10.0. The van der Waals surface area contributed by atoms with Crippen LogP contribution < -0.4 is 9.86 Å². The molecule has 0 radical (unpaired) electrons. The number of nitrogens with zero attached hydrogens (tertiary/aromatic N) is 2. The summed E-state index contributed by atoms with van der Waals surface area (Å²) in [5, 5.41) is 8.99. The Kier molecular flexibility index (Phi) is 6.29. The average molecular weight is 521 g/mol. The third-order valence-corrected chi connectivity index (χ3v) is 5.65. The zero-order chi connectivity index (χ0) is 22.9. The van der Waals surface area contributed by atoms with Crippen LogP contribution in [0.2, 0.25) is 0 Å². The normalized spacial score (nSPS) is 12.6. The van der Waals surface area contributed by atoms with Crippen LogP contribution in [0.15, 0.2) is 83.3 Å². The molecule has 1 heterocycles. The van der Waals surface area contributed by atoms with Gasteiger partial charge < -0.3 is 4.55 Å². The Morgan fingerprint density at radius 3 is 1.94 bits per heavy atom. The summed E-state index contributed by atoms with van der Waals surface area (Å²) in [6.07, 6.45) is -4.59. The van der Waals surface area contributed by atoms with Crippen LogP contribution in [0.3, 0.4) is 0 Å². The zero-order valence-electron chi connectivity index (χ0n) is 16.3. The first-order valence-electron chi connectivity index (χ1n) is 9.27. The van der Waals surface area contributed by atoms with Gasteiger partial charge in [0, 0.05) is 10.0 Å². The molecule has 0 saturated heterocycles. The third-order valence-electron chi connectivity index (χ3n) is 4.69. The van der Waals surface area contributed by atoms with Crippen LogP contribution in [0.5, 0.6) is 0 Å². The number of halogens is 4. The minimum atomic E-state index is -4.59. The number of benzene rings is 3. The molecule has 3 aromatic carbocycles. The molecule has 0 fully saturated rings. The van der Waals surface area contributed by atoms with E-state index in [2.05, 4.69) is 25.8 Å². The molecule has 0 bridgehead atoms. The first kappa shape index (κ1) is 22.4. The molecule has 164 valence electrons. The van der Waals surface area contributed by atoms with Crippen molar-refractivity contribution in [1.82, 2.24) is 9.78 Å². The van der Waals surface area contributed by atoms with Gasteiger partial charge in [-0.15, -0.1) is 5.14 Å². The van der Waals surface area contributed by atoms with Gasteiger partial charge in [-0.2, -0.15) is 23.0 Å². The molecule has 1 atom stereocenters. The number of nitrogens with one attached hydrogen (secondary N) is 1. The molecule has 10 heteroatoms. The molecule has 0 aliphatic heterocycles. The number of alkyl halides is 3. The molecular weight excluding hydrogens is 505 g/mol. The van der Waals surface area contributed by atoms with Crippen molar-refractivity contribution >= 4 is 33.2 Å². The highest BCUT2D eigenvalue weighted by atomic mass is 79.9. The lowest BCUT2D eigenvalue weighted by molar-refractivity contribution is -0.141. The number of anilines is 1. The van der Waals surface area contributed by atoms with E-state index in [9.17, 15) is 17.7 Å². The fourth-order valence-electron chi connectivity index (χ4n) is 3.18. The monoisotopic (exact) mass is 520 g/mol. The van der Waals surface area contributed by atoms with Crippen LogP contribution >= 0.6 is 15.9 Å². The van der Waals surface area contributed by atoms with Gasteiger partial charge in [0.2, 0.25) is 0 Å². The highest BCUT2D eigenvalue weighted by molar-refractivity contribution is 9.10. The highest BCUT2D eigenvalue weighted by Gasteiger charge is 2.35. The van der Waals surface area contributed by atoms with Gasteiger partial charge in [-0.3, -0.25) is 0 Å². The lowest BCUT2D eigenvalue weighted by Gasteiger charge is -2.10. The van der Waals surface area contributed by atoms with Crippen molar-refractivity contribution in [3.8, 4) is 28.1 Å². The van der Waals surface area contributed by atoms with E-state index in [-0.39, 0.29) is 0 Å². The fourth-order valence-corrected chi connectivity index (χ4v) is 3.82. The van der Waals surface area contributed by atoms with Gasteiger partial charge in [0.05, 0.1) is 17.1 Å². The summed E-state index contributed by atoms with van der Waals surface area (Å²) in [5.74, 6) is 0. The van der Waals surface area contributed by atoms with Crippen molar-refractivity contribution < 1.29 is 17.7 Å². The maximum absolute atomic E-state index is 13.4. The van der Waals surface area contributed by atoms with E-state index in [1.807, 2.05) is 36.4 Å². The molecule has 0 spiro atoms. The Hall–Kier alpha value is -2.79. The van der Waals surface area contributed by atoms with Crippen molar-refractivity contribution in [2.45, 2.75) is 6.18 Å². The summed E-state index contributed by atoms with van der Waals surface area (Å²) >= 11 is 1.65. The number of rotatable bonds is 5. The standard InChI is InChI=1S/C22H16BrF3N4OS/c23-17-7-5-15(6-8-17)14-1-3-16(4-2-14)20-13-21(22(24,25)26)28-30(20)19-11-9-18(10-12-19)29-32(27)31/h1-13,29H,27H2. The molecule has 0 aliphatic carbocycles. The molecule has 5 nitrogen and oxygen atoms in total. The first-order chi connectivity index (χ1) is 15.2. The van der Waals surface area contributed by atoms with Crippen molar-refractivity contribution in [1.29, 1.82) is 0 Å². The summed E-state index contributed by atoms with van der Waals surface area (Å²) in [6.45, 7) is 0. The van der Waals surface area contributed by atoms with E-state index in [0.29, 0.717) is 22.6 Å². The van der Waals surface area contributed by atoms with Crippen LogP contribution in [0.25, 0.3) is 28.1 Å². The zero-order valence-corrected chi connectivity index (χ0v) is 18.7. The predicted octanol–water partition coefficient (Wildman–Crippen LogP) is 5.94. The Labute approximate surface area is 193 Å². The van der Waals surface area contributed by atoms with E-state index in [0.717, 1.165) is 21.7 Å². The van der Waals surface area contributed by atoms with Gasteiger partial charge in [-0.1, -0.05) is 52.3 Å². The van der Waals surface area contributed by atoms with Crippen molar-refractivity contribution in [2.75, 3.05) is 4.72 Å². The Balaban J connectivity index is 1.73. The molecule has 3 N–H and O–H groups in total. The molecule has 4 rings (SSSR count). The summed E-state index contributed by atoms with van der Waals surface area (Å²) in [6, 6.07) is 22.3. The van der Waals surface area contributed by atoms with E-state index in [1.165, 1.54) is 4.68 Å². The number of hydrogen-bond donors (Lipinski definition) is 2. The quantitative estimate of drug-likeness (QED) is 0.319. The fraction of sp³-hybridized carbons (Fsp3) is 0.0455. The molecule has 1 unspecified atom stereocenters. The van der Waals surface area contributed by atoms with Crippen LogP contribution in [-0.4, -0.2) is 14.3 Å². The summed E-state index contributed by atoms with van der Waals surface area (Å²) in [4.78, 5) is 0. The molecule has 0 saturated carbocycles. The number of nitrogens with two attached hydrogens (primary N) is 1. The van der Waals surface area contributed by atoms with E-state index in [1.54, 1.807) is 36.4 Å². The van der Waals surface area contributed by atoms with Gasteiger partial charge in [0.25, 0.3) is 0 Å². The van der Waals surface area contributed by atoms with Crippen LogP contribution in [-0.2, 0) is 17.7 Å².